The van der Waals surface area contributed by atoms with Gasteiger partial charge in [-0.05, 0) is 56.7 Å². The number of aromatic nitrogens is 2. The highest BCUT2D eigenvalue weighted by atomic mass is 19.4. The Kier molecular flexibility index (Phi) is 5.54. The summed E-state index contributed by atoms with van der Waals surface area (Å²) in [6, 6.07) is 9.94. The third-order valence-corrected chi connectivity index (χ3v) is 4.42. The number of amides is 1. The molecule has 29 heavy (non-hydrogen) atoms. The van der Waals surface area contributed by atoms with E-state index in [9.17, 15) is 18.0 Å². The quantitative estimate of drug-likeness (QED) is 0.515. The third-order valence-electron chi connectivity index (χ3n) is 4.42. The fraction of sp³-hybridized carbons (Fsp3) is 0.190. The second-order valence-electron chi connectivity index (χ2n) is 6.63. The van der Waals surface area contributed by atoms with Crippen LogP contribution in [0.25, 0.3) is 5.82 Å². The van der Waals surface area contributed by atoms with Gasteiger partial charge in [0.05, 0.1) is 11.8 Å². The molecule has 8 heteroatoms. The lowest BCUT2D eigenvalue weighted by Gasteiger charge is -2.08. The van der Waals surface area contributed by atoms with Crippen LogP contribution < -0.4 is 5.43 Å². The first-order valence-corrected chi connectivity index (χ1v) is 8.79. The normalized spacial score (nSPS) is 11.8. The van der Waals surface area contributed by atoms with E-state index in [4.69, 9.17) is 0 Å². The van der Waals surface area contributed by atoms with E-state index in [0.717, 1.165) is 40.5 Å². The molecule has 1 amide bonds. The zero-order valence-corrected chi connectivity index (χ0v) is 16.1. The van der Waals surface area contributed by atoms with Crippen molar-refractivity contribution < 1.29 is 18.0 Å². The van der Waals surface area contributed by atoms with Crippen molar-refractivity contribution in [3.8, 4) is 5.82 Å². The van der Waals surface area contributed by atoms with Crippen LogP contribution in [0.15, 0.2) is 53.8 Å². The molecule has 2 aromatic heterocycles. The Morgan fingerprint density at radius 1 is 1.14 bits per heavy atom. The molecule has 0 aliphatic rings. The van der Waals surface area contributed by atoms with Gasteiger partial charge in [0.25, 0.3) is 5.91 Å². The average Bonchev–Trinajstić information content (AvgIpc) is 2.95. The number of benzene rings is 1. The van der Waals surface area contributed by atoms with Crippen LogP contribution >= 0.6 is 0 Å². The largest absolute Gasteiger partial charge is 0.416 e. The highest BCUT2D eigenvalue weighted by Gasteiger charge is 2.30. The Balaban J connectivity index is 1.77. The summed E-state index contributed by atoms with van der Waals surface area (Å²) in [5.74, 6) is 0.0413. The maximum atomic E-state index is 12.8. The molecule has 3 rings (SSSR count). The van der Waals surface area contributed by atoms with Crippen LogP contribution in [0.1, 0.15) is 38.4 Å². The second-order valence-corrected chi connectivity index (χ2v) is 6.63. The lowest BCUT2D eigenvalue weighted by molar-refractivity contribution is -0.137. The molecule has 0 saturated heterocycles. The Hall–Kier alpha value is -3.42. The Labute approximate surface area is 165 Å². The summed E-state index contributed by atoms with van der Waals surface area (Å²) >= 11 is 0. The van der Waals surface area contributed by atoms with Gasteiger partial charge in [0.15, 0.2) is 0 Å². The van der Waals surface area contributed by atoms with E-state index in [1.165, 1.54) is 18.3 Å². The Morgan fingerprint density at radius 2 is 1.90 bits per heavy atom. The number of aryl methyl sites for hydroxylation is 2. The summed E-state index contributed by atoms with van der Waals surface area (Å²) in [6.45, 7) is 5.77. The zero-order valence-electron chi connectivity index (χ0n) is 16.1. The van der Waals surface area contributed by atoms with Gasteiger partial charge in [-0.1, -0.05) is 12.1 Å². The first-order valence-electron chi connectivity index (χ1n) is 8.79. The lowest BCUT2D eigenvalue weighted by atomic mass is 10.1. The van der Waals surface area contributed by atoms with Crippen LogP contribution in [0, 0.1) is 20.8 Å². The molecule has 0 spiro atoms. The fourth-order valence-electron chi connectivity index (χ4n) is 2.92. The number of carbonyl (C=O) groups excluding carboxylic acids is 1. The first-order chi connectivity index (χ1) is 13.7. The molecule has 0 aliphatic heterocycles. The smallest absolute Gasteiger partial charge is 0.303 e. The molecule has 0 radical (unpaired) electrons. The number of nitrogens with one attached hydrogen (secondary N) is 1. The van der Waals surface area contributed by atoms with Crippen LogP contribution in [-0.4, -0.2) is 21.7 Å². The molecule has 150 valence electrons. The standard InChI is InChI=1S/C21H19F3N4O/c1-13-7-8-19(25-11-13)28-14(2)9-17(15(28)3)12-26-27-20(29)16-5-4-6-18(10-16)21(22,23)24/h4-12H,1-3H3,(H,27,29). The molecular weight excluding hydrogens is 381 g/mol. The van der Waals surface area contributed by atoms with Gasteiger partial charge < -0.3 is 4.57 Å². The number of halogens is 3. The number of pyridine rings is 1. The maximum Gasteiger partial charge on any atom is 0.416 e. The third kappa shape index (κ3) is 4.53. The topological polar surface area (TPSA) is 59.3 Å². The number of alkyl halides is 3. The molecule has 0 unspecified atom stereocenters. The van der Waals surface area contributed by atoms with Crippen molar-refractivity contribution in [2.75, 3.05) is 0 Å². The summed E-state index contributed by atoms with van der Waals surface area (Å²) in [5, 5.41) is 3.89. The predicted octanol–water partition coefficient (Wildman–Crippen LogP) is 4.58. The molecule has 1 N–H and O–H groups in total. The van der Waals surface area contributed by atoms with Gasteiger partial charge in [0, 0.05) is 28.7 Å². The molecule has 2 heterocycles. The minimum absolute atomic E-state index is 0.119. The van der Waals surface area contributed by atoms with Crippen molar-refractivity contribution in [3.05, 3.63) is 82.3 Å². The van der Waals surface area contributed by atoms with Crippen molar-refractivity contribution in [1.29, 1.82) is 0 Å². The lowest BCUT2D eigenvalue weighted by Crippen LogP contribution is -2.18. The van der Waals surface area contributed by atoms with E-state index in [1.54, 1.807) is 6.20 Å². The molecule has 0 aliphatic carbocycles. The highest BCUT2D eigenvalue weighted by molar-refractivity contribution is 5.95. The highest BCUT2D eigenvalue weighted by Crippen LogP contribution is 2.29. The van der Waals surface area contributed by atoms with E-state index in [2.05, 4.69) is 15.5 Å². The van der Waals surface area contributed by atoms with Crippen molar-refractivity contribution in [2.24, 2.45) is 5.10 Å². The van der Waals surface area contributed by atoms with Crippen LogP contribution in [0.2, 0.25) is 0 Å². The molecule has 5 nitrogen and oxygen atoms in total. The number of hydrogen-bond acceptors (Lipinski definition) is 3. The van der Waals surface area contributed by atoms with Crippen molar-refractivity contribution in [1.82, 2.24) is 15.0 Å². The number of hydrazone groups is 1. The Morgan fingerprint density at radius 3 is 2.55 bits per heavy atom. The summed E-state index contributed by atoms with van der Waals surface area (Å²) in [4.78, 5) is 16.5. The van der Waals surface area contributed by atoms with Crippen molar-refractivity contribution in [3.63, 3.8) is 0 Å². The van der Waals surface area contributed by atoms with Crippen molar-refractivity contribution >= 4 is 12.1 Å². The molecule has 0 atom stereocenters. The molecule has 0 fully saturated rings. The minimum atomic E-state index is -4.51. The number of nitrogens with zero attached hydrogens (tertiary/aromatic N) is 3. The van der Waals surface area contributed by atoms with Crippen LogP contribution in [0.4, 0.5) is 13.2 Å². The summed E-state index contributed by atoms with van der Waals surface area (Å²) in [7, 11) is 0. The number of hydrogen-bond donors (Lipinski definition) is 1. The van der Waals surface area contributed by atoms with Crippen LogP contribution in [-0.2, 0) is 6.18 Å². The first kappa shape index (κ1) is 20.3. The fourth-order valence-corrected chi connectivity index (χ4v) is 2.92. The van der Waals surface area contributed by atoms with Gasteiger partial charge >= 0.3 is 6.18 Å². The summed E-state index contributed by atoms with van der Waals surface area (Å²) in [5.41, 5.74) is 4.88. The van der Waals surface area contributed by atoms with Gasteiger partial charge in [0.1, 0.15) is 5.82 Å². The van der Waals surface area contributed by atoms with Crippen LogP contribution in [0.5, 0.6) is 0 Å². The molecule has 3 aromatic rings. The average molecular weight is 400 g/mol. The molecule has 0 saturated carbocycles. The number of carbonyl (C=O) groups is 1. The van der Waals surface area contributed by atoms with Gasteiger partial charge in [-0.2, -0.15) is 18.3 Å². The van der Waals surface area contributed by atoms with E-state index in [1.807, 2.05) is 43.5 Å². The van der Waals surface area contributed by atoms with Gasteiger partial charge in [-0.3, -0.25) is 4.79 Å². The summed E-state index contributed by atoms with van der Waals surface area (Å²) < 4.78 is 40.3. The Bertz CT molecular complexity index is 1070. The second kappa shape index (κ2) is 7.90. The zero-order chi connectivity index (χ0) is 21.2. The van der Waals surface area contributed by atoms with Crippen LogP contribution in [0.3, 0.4) is 0 Å². The monoisotopic (exact) mass is 400 g/mol. The SMILES string of the molecule is Cc1ccc(-n2c(C)cc(C=NNC(=O)c3cccc(C(F)(F)F)c3)c2C)nc1. The van der Waals surface area contributed by atoms with Crippen molar-refractivity contribution in [2.45, 2.75) is 26.9 Å². The molecular formula is C21H19F3N4O. The van der Waals surface area contributed by atoms with E-state index < -0.39 is 17.6 Å². The minimum Gasteiger partial charge on any atom is -0.303 e. The van der Waals surface area contributed by atoms with Gasteiger partial charge in [-0.15, -0.1) is 0 Å². The van der Waals surface area contributed by atoms with Gasteiger partial charge in [0.2, 0.25) is 0 Å². The predicted molar refractivity (Wildman–Crippen MR) is 104 cm³/mol. The van der Waals surface area contributed by atoms with E-state index in [0.29, 0.717) is 0 Å². The maximum absolute atomic E-state index is 12.8. The number of rotatable bonds is 4. The van der Waals surface area contributed by atoms with E-state index >= 15 is 0 Å². The molecule has 0 bridgehead atoms. The van der Waals surface area contributed by atoms with Gasteiger partial charge in [-0.25, -0.2) is 10.4 Å². The van der Waals surface area contributed by atoms with E-state index in [-0.39, 0.29) is 5.56 Å². The molecule has 1 aromatic carbocycles. The summed E-state index contributed by atoms with van der Waals surface area (Å²) in [6.07, 6.45) is -1.28.